The molecule has 1 aromatic carbocycles. The highest BCUT2D eigenvalue weighted by Crippen LogP contribution is 2.23. The van der Waals surface area contributed by atoms with Crippen molar-refractivity contribution in [2.24, 2.45) is 0 Å². The predicted molar refractivity (Wildman–Crippen MR) is 82.2 cm³/mol. The summed E-state index contributed by atoms with van der Waals surface area (Å²) in [5, 5.41) is 18.2. The number of rotatable bonds is 6. The van der Waals surface area contributed by atoms with Gasteiger partial charge in [0.15, 0.2) is 0 Å². The van der Waals surface area contributed by atoms with Gasteiger partial charge < -0.3 is 10.2 Å². The maximum absolute atomic E-state index is 11.0. The molecule has 116 valence electrons. The Labute approximate surface area is 126 Å². The van der Waals surface area contributed by atoms with E-state index in [2.05, 4.69) is 4.90 Å². The van der Waals surface area contributed by atoms with E-state index in [0.717, 1.165) is 31.5 Å². The van der Waals surface area contributed by atoms with Crippen molar-refractivity contribution in [1.82, 2.24) is 4.90 Å². The minimum absolute atomic E-state index is 0.246. The molecule has 21 heavy (non-hydrogen) atoms. The van der Waals surface area contributed by atoms with Gasteiger partial charge in [0.1, 0.15) is 0 Å². The molecule has 0 amide bonds. The maximum Gasteiger partial charge on any atom is 0.310 e. The normalized spacial score (nSPS) is 21.1. The van der Waals surface area contributed by atoms with E-state index in [0.29, 0.717) is 6.04 Å². The van der Waals surface area contributed by atoms with Crippen molar-refractivity contribution in [3.63, 3.8) is 0 Å². The first-order chi connectivity index (χ1) is 10.1. The molecule has 4 heteroatoms. The van der Waals surface area contributed by atoms with Crippen LogP contribution in [0.4, 0.5) is 0 Å². The minimum atomic E-state index is -0.790. The molecule has 1 heterocycles. The fourth-order valence-corrected chi connectivity index (χ4v) is 3.03. The number of carboxylic acids is 1. The van der Waals surface area contributed by atoms with Crippen LogP contribution in [0.5, 0.6) is 0 Å². The highest BCUT2D eigenvalue weighted by molar-refractivity contribution is 5.75. The first-order valence-corrected chi connectivity index (χ1v) is 7.78. The summed E-state index contributed by atoms with van der Waals surface area (Å²) in [5.41, 5.74) is 2.05. The van der Waals surface area contributed by atoms with Crippen molar-refractivity contribution in [2.45, 2.75) is 51.1 Å². The zero-order valence-corrected chi connectivity index (χ0v) is 12.7. The Hall–Kier alpha value is -1.39. The van der Waals surface area contributed by atoms with Crippen LogP contribution >= 0.6 is 0 Å². The highest BCUT2D eigenvalue weighted by Gasteiger charge is 2.22. The van der Waals surface area contributed by atoms with Gasteiger partial charge in [-0.25, -0.2) is 0 Å². The molecule has 0 bridgehead atoms. The van der Waals surface area contributed by atoms with Crippen molar-refractivity contribution >= 4 is 5.97 Å². The summed E-state index contributed by atoms with van der Waals surface area (Å²) in [5.74, 6) is -1.25. The third kappa shape index (κ3) is 4.29. The molecule has 2 N–H and O–H groups in total. The highest BCUT2D eigenvalue weighted by atomic mass is 16.4. The van der Waals surface area contributed by atoms with Crippen molar-refractivity contribution < 1.29 is 15.0 Å². The average Bonchev–Trinajstić information content (AvgIpc) is 2.49. The number of carboxylic acid groups (broad SMARTS) is 1. The number of aliphatic carboxylic acids is 1. The minimum Gasteiger partial charge on any atom is -0.481 e. The topological polar surface area (TPSA) is 60.8 Å². The summed E-state index contributed by atoms with van der Waals surface area (Å²) >= 11 is 0. The van der Waals surface area contributed by atoms with Crippen molar-refractivity contribution in [3.05, 3.63) is 35.4 Å². The van der Waals surface area contributed by atoms with E-state index in [4.69, 9.17) is 10.2 Å². The van der Waals surface area contributed by atoms with Crippen LogP contribution in [-0.2, 0) is 11.3 Å². The summed E-state index contributed by atoms with van der Waals surface area (Å²) in [7, 11) is 0. The Kier molecular flexibility index (Phi) is 5.76. The number of carbonyl (C=O) groups is 1. The Morgan fingerprint density at radius 3 is 2.67 bits per heavy atom. The number of piperidine rings is 1. The standard InChI is InChI=1S/C17H25NO3/c1-13(17(20)21)15-7-5-14(6-8-15)12-18-10-3-2-4-16(18)9-11-19/h5-8,13,16,19H,2-4,9-12H2,1H3,(H,20,21). The first kappa shape index (κ1) is 16.0. The molecule has 2 atom stereocenters. The molecular weight excluding hydrogens is 266 g/mol. The number of likely N-dealkylation sites (tertiary alicyclic amines) is 1. The molecule has 1 aliphatic rings. The number of aliphatic hydroxyl groups excluding tert-OH is 1. The smallest absolute Gasteiger partial charge is 0.310 e. The lowest BCUT2D eigenvalue weighted by atomic mass is 9.97. The van der Waals surface area contributed by atoms with Crippen LogP contribution in [-0.4, -0.2) is 40.3 Å². The molecule has 0 saturated carbocycles. The van der Waals surface area contributed by atoms with Crippen LogP contribution in [0.15, 0.2) is 24.3 Å². The molecule has 1 aromatic rings. The van der Waals surface area contributed by atoms with Gasteiger partial charge in [-0.05, 0) is 43.9 Å². The van der Waals surface area contributed by atoms with E-state index in [-0.39, 0.29) is 6.61 Å². The second-order valence-electron chi connectivity index (χ2n) is 5.93. The fraction of sp³-hybridized carbons (Fsp3) is 0.588. The van der Waals surface area contributed by atoms with Gasteiger partial charge in [0.05, 0.1) is 5.92 Å². The van der Waals surface area contributed by atoms with Crippen LogP contribution in [0.1, 0.15) is 49.7 Å². The molecule has 0 aromatic heterocycles. The first-order valence-electron chi connectivity index (χ1n) is 7.78. The summed E-state index contributed by atoms with van der Waals surface area (Å²) in [6.45, 7) is 3.92. The average molecular weight is 291 g/mol. The Morgan fingerprint density at radius 1 is 1.33 bits per heavy atom. The molecular formula is C17H25NO3. The van der Waals surface area contributed by atoms with E-state index in [1.807, 2.05) is 24.3 Å². The van der Waals surface area contributed by atoms with E-state index < -0.39 is 11.9 Å². The zero-order valence-electron chi connectivity index (χ0n) is 12.7. The zero-order chi connectivity index (χ0) is 15.2. The lowest BCUT2D eigenvalue weighted by Gasteiger charge is -2.35. The van der Waals surface area contributed by atoms with Gasteiger partial charge in [-0.2, -0.15) is 0 Å². The molecule has 1 saturated heterocycles. The van der Waals surface area contributed by atoms with Crippen LogP contribution < -0.4 is 0 Å². The van der Waals surface area contributed by atoms with E-state index in [1.54, 1.807) is 6.92 Å². The number of nitrogens with zero attached hydrogens (tertiary/aromatic N) is 1. The summed E-state index contributed by atoms with van der Waals surface area (Å²) in [6.07, 6.45) is 4.47. The van der Waals surface area contributed by atoms with Gasteiger partial charge in [0.25, 0.3) is 0 Å². The molecule has 1 fully saturated rings. The number of hydrogen-bond acceptors (Lipinski definition) is 3. The Balaban J connectivity index is 2.00. The van der Waals surface area contributed by atoms with Crippen LogP contribution in [0.2, 0.25) is 0 Å². The Bertz CT molecular complexity index is 456. The lowest BCUT2D eigenvalue weighted by molar-refractivity contribution is -0.138. The summed E-state index contributed by atoms with van der Waals surface area (Å²) in [4.78, 5) is 13.4. The third-order valence-corrected chi connectivity index (χ3v) is 4.45. The second-order valence-corrected chi connectivity index (χ2v) is 5.93. The molecule has 0 aliphatic carbocycles. The van der Waals surface area contributed by atoms with Gasteiger partial charge in [-0.3, -0.25) is 9.69 Å². The quantitative estimate of drug-likeness (QED) is 0.846. The van der Waals surface area contributed by atoms with Crippen molar-refractivity contribution in [1.29, 1.82) is 0 Å². The van der Waals surface area contributed by atoms with Gasteiger partial charge in [0, 0.05) is 19.2 Å². The van der Waals surface area contributed by atoms with Gasteiger partial charge in [-0.15, -0.1) is 0 Å². The second kappa shape index (κ2) is 7.57. The van der Waals surface area contributed by atoms with Gasteiger partial charge >= 0.3 is 5.97 Å². The number of aliphatic hydroxyl groups is 1. The maximum atomic E-state index is 11.0. The fourth-order valence-electron chi connectivity index (χ4n) is 3.03. The van der Waals surface area contributed by atoms with E-state index in [1.165, 1.54) is 18.4 Å². The predicted octanol–water partition coefficient (Wildman–Crippen LogP) is 2.61. The number of benzene rings is 1. The molecule has 2 rings (SSSR count). The van der Waals surface area contributed by atoms with E-state index >= 15 is 0 Å². The molecule has 0 spiro atoms. The molecule has 4 nitrogen and oxygen atoms in total. The molecule has 1 aliphatic heterocycles. The number of hydrogen-bond donors (Lipinski definition) is 2. The van der Waals surface area contributed by atoms with Gasteiger partial charge in [-0.1, -0.05) is 30.7 Å². The lowest BCUT2D eigenvalue weighted by Crippen LogP contribution is -2.39. The van der Waals surface area contributed by atoms with Crippen LogP contribution in [0.25, 0.3) is 0 Å². The SMILES string of the molecule is CC(C(=O)O)c1ccc(CN2CCCCC2CCO)cc1. The van der Waals surface area contributed by atoms with Gasteiger partial charge in [0.2, 0.25) is 0 Å². The largest absolute Gasteiger partial charge is 0.481 e. The summed E-state index contributed by atoms with van der Waals surface area (Å²) < 4.78 is 0. The summed E-state index contributed by atoms with van der Waals surface area (Å²) in [6, 6.07) is 8.36. The third-order valence-electron chi connectivity index (χ3n) is 4.45. The van der Waals surface area contributed by atoms with Crippen LogP contribution in [0, 0.1) is 0 Å². The molecule has 2 unspecified atom stereocenters. The van der Waals surface area contributed by atoms with Crippen LogP contribution in [0.3, 0.4) is 0 Å². The van der Waals surface area contributed by atoms with Crippen molar-refractivity contribution in [3.8, 4) is 0 Å². The Morgan fingerprint density at radius 2 is 2.05 bits per heavy atom. The molecule has 0 radical (unpaired) electrons. The van der Waals surface area contributed by atoms with E-state index in [9.17, 15) is 4.79 Å². The van der Waals surface area contributed by atoms with Crippen molar-refractivity contribution in [2.75, 3.05) is 13.2 Å². The monoisotopic (exact) mass is 291 g/mol.